The summed E-state index contributed by atoms with van der Waals surface area (Å²) < 4.78 is 33.6. The van der Waals surface area contributed by atoms with Crippen molar-refractivity contribution in [3.63, 3.8) is 0 Å². The number of hydrogen-bond donors (Lipinski definition) is 2. The molecule has 3 N–H and O–H groups in total. The predicted molar refractivity (Wildman–Crippen MR) is 243 cm³/mol. The van der Waals surface area contributed by atoms with Crippen LogP contribution in [0.25, 0.3) is 0 Å². The molecule has 0 saturated carbocycles. The minimum atomic E-state index is -4.27. The van der Waals surface area contributed by atoms with Crippen molar-refractivity contribution < 1.29 is 32.8 Å². The fourth-order valence-electron chi connectivity index (χ4n) is 7.59. The van der Waals surface area contributed by atoms with Crippen molar-refractivity contribution in [3.05, 3.63) is 0 Å². The van der Waals surface area contributed by atoms with E-state index in [1.54, 1.807) is 0 Å². The zero-order valence-electron chi connectivity index (χ0n) is 38.1. The lowest BCUT2D eigenvalue weighted by atomic mass is 10.0. The molecule has 0 aromatic rings. The van der Waals surface area contributed by atoms with Crippen LogP contribution in [-0.2, 0) is 27.9 Å². The maximum Gasteiger partial charge on any atom is 0.472 e. The number of nitrogens with two attached hydrogens (primary N) is 1. The molecule has 0 rings (SSSR count). The van der Waals surface area contributed by atoms with E-state index in [1.165, 1.54) is 212 Å². The number of phosphoric ester groups is 1. The average Bonchev–Trinajstić information content (AvgIpc) is 3.20. The van der Waals surface area contributed by atoms with Crippen molar-refractivity contribution in [2.45, 2.75) is 270 Å². The molecule has 0 amide bonds. The highest BCUT2D eigenvalue weighted by molar-refractivity contribution is 7.47. The molecule has 0 saturated heterocycles. The first kappa shape index (κ1) is 56.5. The Hall–Kier alpha value is -0.500. The van der Waals surface area contributed by atoms with Crippen LogP contribution in [0.2, 0.25) is 0 Å². The van der Waals surface area contributed by atoms with E-state index in [0.29, 0.717) is 13.0 Å². The molecule has 8 nitrogen and oxygen atoms in total. The quantitative estimate of drug-likeness (QED) is 0.0354. The van der Waals surface area contributed by atoms with Crippen molar-refractivity contribution in [3.8, 4) is 0 Å². The average molecular weight is 832 g/mol. The third kappa shape index (κ3) is 46.4. The number of carbonyl (C=O) groups is 1. The summed E-state index contributed by atoms with van der Waals surface area (Å²) in [7, 11) is -4.27. The normalized spacial score (nSPS) is 13.3. The summed E-state index contributed by atoms with van der Waals surface area (Å²) in [4.78, 5) is 22.6. The van der Waals surface area contributed by atoms with E-state index in [4.69, 9.17) is 24.3 Å². The summed E-state index contributed by atoms with van der Waals surface area (Å²) in [6.45, 7) is 5.00. The van der Waals surface area contributed by atoms with E-state index in [2.05, 4.69) is 13.8 Å². The summed E-state index contributed by atoms with van der Waals surface area (Å²) in [6, 6.07) is 0. The molecule has 0 aromatic carbocycles. The van der Waals surface area contributed by atoms with Crippen LogP contribution >= 0.6 is 7.82 Å². The van der Waals surface area contributed by atoms with E-state index in [0.717, 1.165) is 32.1 Å². The lowest BCUT2D eigenvalue weighted by Gasteiger charge is -2.20. The molecule has 0 fully saturated rings. The molecule has 0 aromatic heterocycles. The molecule has 57 heavy (non-hydrogen) atoms. The predicted octanol–water partition coefficient (Wildman–Crippen LogP) is 15.3. The molecular formula is C48H98NO7P. The van der Waals surface area contributed by atoms with Gasteiger partial charge in [0.25, 0.3) is 0 Å². The summed E-state index contributed by atoms with van der Waals surface area (Å²) >= 11 is 0. The Bertz CT molecular complexity index is 848. The maximum absolute atomic E-state index is 12.6. The lowest BCUT2D eigenvalue weighted by Crippen LogP contribution is -2.28. The summed E-state index contributed by atoms with van der Waals surface area (Å²) in [5.41, 5.74) is 5.38. The Morgan fingerprint density at radius 2 is 0.772 bits per heavy atom. The zero-order chi connectivity index (χ0) is 41.6. The SMILES string of the molecule is CCCCCCCCCCCCCCCCCCCCCCCCC(=O)OC(COCCCCCCCCCCCCCCCCCC)COP(=O)(O)OCCN. The molecule has 0 spiro atoms. The number of carbonyl (C=O) groups excluding carboxylic acids is 1. The topological polar surface area (TPSA) is 117 Å². The standard InChI is InChI=1S/C48H98NO7P/c1-3-5-7-9-11-13-15-17-19-21-22-23-24-25-26-27-29-31-33-35-37-39-41-48(50)56-47(46-55-57(51,52)54-44-42-49)45-53-43-40-38-36-34-32-30-28-20-18-16-14-12-10-8-6-4-2/h47H,3-46,49H2,1-2H3,(H,51,52). The van der Waals surface area contributed by atoms with Crippen LogP contribution in [0, 0.1) is 0 Å². The smallest absolute Gasteiger partial charge is 0.457 e. The van der Waals surface area contributed by atoms with Gasteiger partial charge in [-0.3, -0.25) is 13.8 Å². The van der Waals surface area contributed by atoms with E-state index >= 15 is 0 Å². The Labute approximate surface area is 354 Å². The monoisotopic (exact) mass is 832 g/mol. The molecule has 0 aliphatic heterocycles. The highest BCUT2D eigenvalue weighted by Crippen LogP contribution is 2.43. The van der Waals surface area contributed by atoms with Gasteiger partial charge in [-0.05, 0) is 12.8 Å². The van der Waals surface area contributed by atoms with Gasteiger partial charge >= 0.3 is 13.8 Å². The molecule has 342 valence electrons. The van der Waals surface area contributed by atoms with Crippen molar-refractivity contribution in [2.24, 2.45) is 5.73 Å². The van der Waals surface area contributed by atoms with Gasteiger partial charge in [0, 0.05) is 19.6 Å². The van der Waals surface area contributed by atoms with Crippen LogP contribution in [0.15, 0.2) is 0 Å². The maximum atomic E-state index is 12.6. The molecule has 2 unspecified atom stereocenters. The van der Waals surface area contributed by atoms with Gasteiger partial charge in [0.2, 0.25) is 0 Å². The van der Waals surface area contributed by atoms with Crippen LogP contribution in [-0.4, -0.2) is 49.9 Å². The first-order valence-corrected chi connectivity index (χ1v) is 26.5. The summed E-state index contributed by atoms with van der Waals surface area (Å²) in [5.74, 6) is -0.321. The highest BCUT2D eigenvalue weighted by atomic mass is 31.2. The van der Waals surface area contributed by atoms with E-state index in [-0.39, 0.29) is 32.3 Å². The van der Waals surface area contributed by atoms with E-state index < -0.39 is 13.9 Å². The number of phosphoric acid groups is 1. The number of ether oxygens (including phenoxy) is 2. The van der Waals surface area contributed by atoms with Crippen LogP contribution in [0.5, 0.6) is 0 Å². The second-order valence-electron chi connectivity index (χ2n) is 17.1. The molecule has 0 bridgehead atoms. The third-order valence-corrected chi connectivity index (χ3v) is 12.3. The van der Waals surface area contributed by atoms with Gasteiger partial charge in [-0.2, -0.15) is 0 Å². The molecule has 0 aliphatic rings. The first-order valence-electron chi connectivity index (χ1n) is 25.0. The van der Waals surface area contributed by atoms with Crippen molar-refractivity contribution in [2.75, 3.05) is 33.0 Å². The third-order valence-electron chi connectivity index (χ3n) is 11.3. The molecule has 0 aliphatic carbocycles. The summed E-state index contributed by atoms with van der Waals surface area (Å²) in [6.07, 6.45) is 49.9. The fourth-order valence-corrected chi connectivity index (χ4v) is 8.35. The first-order chi connectivity index (χ1) is 27.9. The number of esters is 1. The second kappa shape index (κ2) is 46.6. The number of unbranched alkanes of at least 4 members (excludes halogenated alkanes) is 36. The Kier molecular flexibility index (Phi) is 46.2. The van der Waals surface area contributed by atoms with Gasteiger partial charge < -0.3 is 20.1 Å². The van der Waals surface area contributed by atoms with Gasteiger partial charge in [0.05, 0.1) is 19.8 Å². The van der Waals surface area contributed by atoms with Gasteiger partial charge in [-0.1, -0.05) is 245 Å². The van der Waals surface area contributed by atoms with Gasteiger partial charge in [0.1, 0.15) is 6.10 Å². The molecule has 2 atom stereocenters. The lowest BCUT2D eigenvalue weighted by molar-refractivity contribution is -0.154. The van der Waals surface area contributed by atoms with Crippen molar-refractivity contribution in [1.29, 1.82) is 0 Å². The van der Waals surface area contributed by atoms with Crippen LogP contribution in [0.4, 0.5) is 0 Å². The minimum Gasteiger partial charge on any atom is -0.457 e. The number of hydrogen-bond acceptors (Lipinski definition) is 7. The largest absolute Gasteiger partial charge is 0.472 e. The highest BCUT2D eigenvalue weighted by Gasteiger charge is 2.25. The Morgan fingerprint density at radius 3 is 1.11 bits per heavy atom. The van der Waals surface area contributed by atoms with Gasteiger partial charge in [-0.25, -0.2) is 4.57 Å². The molecule has 9 heteroatoms. The van der Waals surface area contributed by atoms with Gasteiger partial charge in [-0.15, -0.1) is 0 Å². The molecular weight excluding hydrogens is 734 g/mol. The van der Waals surface area contributed by atoms with Crippen LogP contribution in [0.1, 0.15) is 264 Å². The zero-order valence-corrected chi connectivity index (χ0v) is 39.0. The van der Waals surface area contributed by atoms with Crippen molar-refractivity contribution >= 4 is 13.8 Å². The van der Waals surface area contributed by atoms with Crippen LogP contribution in [0.3, 0.4) is 0 Å². The van der Waals surface area contributed by atoms with E-state index in [9.17, 15) is 14.3 Å². The van der Waals surface area contributed by atoms with Crippen molar-refractivity contribution in [1.82, 2.24) is 0 Å². The van der Waals surface area contributed by atoms with Gasteiger partial charge in [0.15, 0.2) is 0 Å². The fraction of sp³-hybridized carbons (Fsp3) is 0.979. The minimum absolute atomic E-state index is 0.0898. The van der Waals surface area contributed by atoms with Crippen LogP contribution < -0.4 is 5.73 Å². The Morgan fingerprint density at radius 1 is 0.456 bits per heavy atom. The molecule has 0 radical (unpaired) electrons. The van der Waals surface area contributed by atoms with E-state index in [1.807, 2.05) is 0 Å². The summed E-state index contributed by atoms with van der Waals surface area (Å²) in [5, 5.41) is 0. The number of rotatable bonds is 49. The Balaban J connectivity index is 3.88. The molecule has 0 heterocycles. The second-order valence-corrected chi connectivity index (χ2v) is 18.5.